The minimum Gasteiger partial charge on any atom is -0.357 e. The van der Waals surface area contributed by atoms with Crippen LogP contribution in [0.5, 0.6) is 0 Å². The van der Waals surface area contributed by atoms with E-state index in [0.29, 0.717) is 56.2 Å². The number of aliphatic imine (C=N–C) groups is 1. The van der Waals surface area contributed by atoms with Gasteiger partial charge in [0.15, 0.2) is 11.6 Å². The van der Waals surface area contributed by atoms with Crippen molar-refractivity contribution in [2.24, 2.45) is 4.99 Å². The number of rotatable bonds is 12. The molecule has 0 bridgehead atoms. The Bertz CT molecular complexity index is 1210. The number of amides is 1. The molecule has 3 rings (SSSR count). The van der Waals surface area contributed by atoms with E-state index < -0.39 is 0 Å². The van der Waals surface area contributed by atoms with Crippen LogP contribution in [0.4, 0.5) is 8.78 Å². The van der Waals surface area contributed by atoms with E-state index in [4.69, 9.17) is 0 Å². The number of nitrogens with one attached hydrogen (secondary N) is 1. The van der Waals surface area contributed by atoms with E-state index in [-0.39, 0.29) is 11.6 Å². The number of hydrogen-bond acceptors (Lipinski definition) is 4. The van der Waals surface area contributed by atoms with Crippen LogP contribution < -0.4 is 5.32 Å². The Labute approximate surface area is 209 Å². The van der Waals surface area contributed by atoms with Gasteiger partial charge in [0.2, 0.25) is 6.41 Å². The second-order valence-electron chi connectivity index (χ2n) is 8.30. The van der Waals surface area contributed by atoms with Gasteiger partial charge in [0.25, 0.3) is 0 Å². The number of halogens is 2. The molecular formula is C27H30F2N6O. The van der Waals surface area contributed by atoms with Crippen molar-refractivity contribution in [3.05, 3.63) is 84.6 Å². The van der Waals surface area contributed by atoms with Crippen molar-refractivity contribution >= 4 is 12.2 Å². The summed E-state index contributed by atoms with van der Waals surface area (Å²) in [6.45, 7) is 9.88. The summed E-state index contributed by atoms with van der Waals surface area (Å²) in [6.07, 6.45) is 4.82. The molecule has 36 heavy (non-hydrogen) atoms. The average Bonchev–Trinajstić information content (AvgIpc) is 3.27. The van der Waals surface area contributed by atoms with Crippen molar-refractivity contribution in [1.29, 1.82) is 0 Å². The third-order valence-electron chi connectivity index (χ3n) is 5.25. The molecule has 0 spiro atoms. The molecule has 0 atom stereocenters. The fourth-order valence-corrected chi connectivity index (χ4v) is 3.60. The zero-order chi connectivity index (χ0) is 25.9. The molecule has 0 saturated heterocycles. The van der Waals surface area contributed by atoms with E-state index in [1.54, 1.807) is 28.9 Å². The van der Waals surface area contributed by atoms with E-state index in [0.717, 1.165) is 17.0 Å². The Kier molecular flexibility index (Phi) is 9.62. The van der Waals surface area contributed by atoms with Crippen molar-refractivity contribution < 1.29 is 13.6 Å². The second-order valence-corrected chi connectivity index (χ2v) is 8.30. The second kappa shape index (κ2) is 13.1. The third kappa shape index (κ3) is 7.43. The summed E-state index contributed by atoms with van der Waals surface area (Å²) in [5.74, 6) is 1.13. The lowest BCUT2D eigenvalue weighted by Crippen LogP contribution is -2.37. The van der Waals surface area contributed by atoms with Gasteiger partial charge >= 0.3 is 0 Å². The monoisotopic (exact) mass is 492 g/mol. The summed E-state index contributed by atoms with van der Waals surface area (Å²) in [5, 5.41) is 7.35. The number of aryl methyl sites for hydroxylation is 1. The molecule has 0 aliphatic rings. The molecule has 0 unspecified atom stereocenters. The number of benzene rings is 2. The van der Waals surface area contributed by atoms with Gasteiger partial charge in [-0.05, 0) is 74.9 Å². The Balaban J connectivity index is 1.85. The van der Waals surface area contributed by atoms with Crippen molar-refractivity contribution in [2.45, 2.75) is 26.8 Å². The maximum absolute atomic E-state index is 13.5. The van der Waals surface area contributed by atoms with Gasteiger partial charge in [-0.3, -0.25) is 4.79 Å². The topological polar surface area (TPSA) is 75.4 Å². The number of carbonyl (C=O) groups is 1. The molecule has 9 heteroatoms. The van der Waals surface area contributed by atoms with Crippen LogP contribution in [-0.4, -0.2) is 51.5 Å². The summed E-state index contributed by atoms with van der Waals surface area (Å²) in [7, 11) is 0. The zero-order valence-corrected chi connectivity index (χ0v) is 20.5. The smallest absolute Gasteiger partial charge is 0.207 e. The standard InChI is InChI=1S/C27H30F2N6O/c1-4-31-25(18-20(2)3)34(17-14-30-19-36)15-5-16-35-27(22-8-12-24(29)13-9-22)32-26(33-35)21-6-10-23(28)11-7-21/h4,6-13,18-19H,1,5,14-17H2,2-3H3,(H,30,36). The number of aromatic nitrogens is 3. The van der Waals surface area contributed by atoms with Crippen LogP contribution in [0.25, 0.3) is 22.8 Å². The van der Waals surface area contributed by atoms with Crippen LogP contribution in [0.15, 0.2) is 78.0 Å². The Hall–Kier alpha value is -4.14. The number of nitrogens with zero attached hydrogens (tertiary/aromatic N) is 5. The molecule has 0 saturated carbocycles. The molecule has 2 aromatic carbocycles. The van der Waals surface area contributed by atoms with Gasteiger partial charge in [-0.1, -0.05) is 12.2 Å². The Morgan fingerprint density at radius 3 is 2.28 bits per heavy atom. The first kappa shape index (κ1) is 26.5. The molecule has 1 N–H and O–H groups in total. The summed E-state index contributed by atoms with van der Waals surface area (Å²) in [5.41, 5.74) is 2.49. The molecule has 0 aliphatic heterocycles. The van der Waals surface area contributed by atoms with Crippen molar-refractivity contribution in [2.75, 3.05) is 19.6 Å². The molecular weight excluding hydrogens is 462 g/mol. The highest BCUT2D eigenvalue weighted by Gasteiger charge is 2.15. The summed E-state index contributed by atoms with van der Waals surface area (Å²) in [4.78, 5) is 21.9. The fourth-order valence-electron chi connectivity index (χ4n) is 3.60. The SMILES string of the molecule is C=CN=C(C=C(C)C)N(CCCn1nc(-c2ccc(F)cc2)nc1-c1ccc(F)cc1)CCNC=O. The fraction of sp³-hybridized carbons (Fsp3) is 0.259. The minimum atomic E-state index is -0.338. The molecule has 0 fully saturated rings. The number of hydrogen-bond donors (Lipinski definition) is 1. The van der Waals surface area contributed by atoms with Gasteiger partial charge in [0.05, 0.1) is 0 Å². The van der Waals surface area contributed by atoms with E-state index in [1.807, 2.05) is 19.9 Å². The molecule has 0 radical (unpaired) electrons. The maximum atomic E-state index is 13.5. The van der Waals surface area contributed by atoms with Crippen LogP contribution in [0.3, 0.4) is 0 Å². The van der Waals surface area contributed by atoms with E-state index in [9.17, 15) is 13.6 Å². The minimum absolute atomic E-state index is 0.337. The molecule has 3 aromatic rings. The van der Waals surface area contributed by atoms with Crippen molar-refractivity contribution in [3.63, 3.8) is 0 Å². The molecule has 188 valence electrons. The molecule has 1 aromatic heterocycles. The van der Waals surface area contributed by atoms with Crippen LogP contribution >= 0.6 is 0 Å². The van der Waals surface area contributed by atoms with Gasteiger partial charge < -0.3 is 10.2 Å². The predicted octanol–water partition coefficient (Wildman–Crippen LogP) is 4.84. The molecule has 0 aliphatic carbocycles. The summed E-state index contributed by atoms with van der Waals surface area (Å²) in [6, 6.07) is 12.1. The maximum Gasteiger partial charge on any atom is 0.207 e. The largest absolute Gasteiger partial charge is 0.357 e. The highest BCUT2D eigenvalue weighted by atomic mass is 19.1. The lowest BCUT2D eigenvalue weighted by Gasteiger charge is -2.24. The summed E-state index contributed by atoms with van der Waals surface area (Å²) < 4.78 is 28.7. The highest BCUT2D eigenvalue weighted by molar-refractivity contribution is 5.93. The van der Waals surface area contributed by atoms with Crippen molar-refractivity contribution in [3.8, 4) is 22.8 Å². The predicted molar refractivity (Wildman–Crippen MR) is 138 cm³/mol. The van der Waals surface area contributed by atoms with E-state index in [2.05, 4.69) is 31.9 Å². The third-order valence-corrected chi connectivity index (χ3v) is 5.25. The molecule has 7 nitrogen and oxygen atoms in total. The van der Waals surface area contributed by atoms with E-state index >= 15 is 0 Å². The first-order valence-electron chi connectivity index (χ1n) is 11.6. The van der Waals surface area contributed by atoms with Crippen LogP contribution in [0, 0.1) is 11.6 Å². The van der Waals surface area contributed by atoms with Crippen LogP contribution in [0.1, 0.15) is 20.3 Å². The lowest BCUT2D eigenvalue weighted by molar-refractivity contribution is -0.109. The van der Waals surface area contributed by atoms with Gasteiger partial charge in [-0.25, -0.2) is 23.4 Å². The summed E-state index contributed by atoms with van der Waals surface area (Å²) >= 11 is 0. The van der Waals surface area contributed by atoms with Gasteiger partial charge in [0, 0.05) is 43.5 Å². The Morgan fingerprint density at radius 1 is 1.06 bits per heavy atom. The molecule has 1 heterocycles. The van der Waals surface area contributed by atoms with Crippen LogP contribution in [-0.2, 0) is 11.3 Å². The number of carbonyl (C=O) groups excluding carboxylic acids is 1. The van der Waals surface area contributed by atoms with Crippen LogP contribution in [0.2, 0.25) is 0 Å². The quantitative estimate of drug-likeness (QED) is 0.170. The number of amidine groups is 1. The highest BCUT2D eigenvalue weighted by Crippen LogP contribution is 2.23. The van der Waals surface area contributed by atoms with E-state index in [1.165, 1.54) is 30.5 Å². The average molecular weight is 493 g/mol. The van der Waals surface area contributed by atoms with Crippen molar-refractivity contribution in [1.82, 2.24) is 25.0 Å². The van der Waals surface area contributed by atoms with Gasteiger partial charge in [-0.15, -0.1) is 0 Å². The lowest BCUT2D eigenvalue weighted by atomic mass is 10.2. The Morgan fingerprint density at radius 2 is 1.69 bits per heavy atom. The zero-order valence-electron chi connectivity index (χ0n) is 20.5. The first-order chi connectivity index (χ1) is 17.4. The molecule has 1 amide bonds. The first-order valence-corrected chi connectivity index (χ1v) is 11.6. The normalized spacial score (nSPS) is 11.2. The van der Waals surface area contributed by atoms with Gasteiger partial charge in [-0.2, -0.15) is 5.10 Å². The number of allylic oxidation sites excluding steroid dienone is 1. The van der Waals surface area contributed by atoms with Gasteiger partial charge in [0.1, 0.15) is 17.5 Å².